The minimum Gasteiger partial charge on any atom is -0.480 e. The van der Waals surface area contributed by atoms with Gasteiger partial charge in [-0.3, -0.25) is 4.79 Å². The fraction of sp³-hybridized carbons (Fsp3) is 0.471. The highest BCUT2D eigenvalue weighted by atomic mass is 19.4. The molecule has 1 heterocycles. The molecule has 1 aromatic carbocycles. The zero-order valence-corrected chi connectivity index (χ0v) is 13.7. The molecule has 1 atom stereocenters. The Labute approximate surface area is 143 Å². The number of nitriles is 2. The Morgan fingerprint density at radius 2 is 2.04 bits per heavy atom. The second-order valence-corrected chi connectivity index (χ2v) is 6.47. The molecule has 0 spiro atoms. The molecule has 1 saturated heterocycles. The van der Waals surface area contributed by atoms with Crippen LogP contribution in [0, 0.1) is 28.1 Å². The predicted octanol–water partition coefficient (Wildman–Crippen LogP) is 3.11. The first-order valence-electron chi connectivity index (χ1n) is 7.54. The van der Waals surface area contributed by atoms with Gasteiger partial charge in [0.2, 0.25) is 0 Å². The molecule has 1 fully saturated rings. The number of hydrogen-bond donors (Lipinski definition) is 0. The molecule has 25 heavy (non-hydrogen) atoms. The van der Waals surface area contributed by atoms with E-state index in [9.17, 15) is 18.0 Å². The summed E-state index contributed by atoms with van der Waals surface area (Å²) in [5, 5.41) is 17.5. The molecule has 132 valence electrons. The number of amides is 1. The van der Waals surface area contributed by atoms with Gasteiger partial charge in [0, 0.05) is 18.5 Å². The molecule has 1 amide bonds. The Balaban J connectivity index is 2.29. The zero-order valence-electron chi connectivity index (χ0n) is 13.7. The maximum absolute atomic E-state index is 13.0. The van der Waals surface area contributed by atoms with Gasteiger partial charge in [-0.2, -0.15) is 23.7 Å². The lowest BCUT2D eigenvalue weighted by molar-refractivity contribution is -0.138. The van der Waals surface area contributed by atoms with Crippen molar-refractivity contribution in [2.24, 2.45) is 5.41 Å². The molecule has 1 aliphatic rings. The Morgan fingerprint density at radius 3 is 2.60 bits per heavy atom. The van der Waals surface area contributed by atoms with Crippen LogP contribution in [0.2, 0.25) is 0 Å². The van der Waals surface area contributed by atoms with Crippen LogP contribution < -0.4 is 4.74 Å². The molecule has 0 saturated carbocycles. The first kappa shape index (κ1) is 18.6. The maximum Gasteiger partial charge on any atom is 0.417 e. The molecule has 0 bridgehead atoms. The second kappa shape index (κ2) is 6.64. The van der Waals surface area contributed by atoms with E-state index in [1.54, 1.807) is 13.8 Å². The fourth-order valence-corrected chi connectivity index (χ4v) is 2.80. The van der Waals surface area contributed by atoms with Crippen LogP contribution >= 0.6 is 0 Å². The molecule has 0 unspecified atom stereocenters. The number of alkyl halides is 3. The first-order valence-corrected chi connectivity index (χ1v) is 7.54. The number of nitrogens with zero attached hydrogens (tertiary/aromatic N) is 3. The number of hydrogen-bond acceptors (Lipinski definition) is 4. The number of rotatable bonds is 4. The summed E-state index contributed by atoms with van der Waals surface area (Å²) in [5.41, 5.74) is -2.23. The molecule has 0 radical (unpaired) electrons. The number of halogens is 3. The van der Waals surface area contributed by atoms with Gasteiger partial charge in [0.1, 0.15) is 5.75 Å². The van der Waals surface area contributed by atoms with Crippen molar-refractivity contribution in [3.63, 3.8) is 0 Å². The number of ether oxygens (including phenoxy) is 1. The summed E-state index contributed by atoms with van der Waals surface area (Å²) in [6.07, 6.45) is -5.48. The van der Waals surface area contributed by atoms with Gasteiger partial charge in [-0.1, -0.05) is 13.8 Å². The van der Waals surface area contributed by atoms with Crippen LogP contribution in [-0.2, 0) is 11.0 Å². The van der Waals surface area contributed by atoms with Crippen molar-refractivity contribution in [2.75, 3.05) is 13.1 Å². The van der Waals surface area contributed by atoms with Gasteiger partial charge < -0.3 is 9.64 Å². The normalized spacial score (nSPS) is 19.4. The standard InChI is InChI=1S/C17H16F3N3O2/c1-16(2)10-23(7-3-6-21)15(24)14(16)25-12-5-4-11(9-22)13(8-12)17(18,19)20/h4-5,8,14H,3,7,10H2,1-2H3/t14-/m1/s1. The van der Waals surface area contributed by atoms with Crippen molar-refractivity contribution in [3.05, 3.63) is 29.3 Å². The van der Waals surface area contributed by atoms with Crippen LogP contribution in [0.4, 0.5) is 13.2 Å². The van der Waals surface area contributed by atoms with E-state index in [0.717, 1.165) is 12.1 Å². The van der Waals surface area contributed by atoms with Crippen LogP contribution in [0.25, 0.3) is 0 Å². The minimum absolute atomic E-state index is 0.125. The molecule has 1 aromatic rings. The van der Waals surface area contributed by atoms with Gasteiger partial charge in [0.15, 0.2) is 6.10 Å². The number of carbonyl (C=O) groups is 1. The maximum atomic E-state index is 13.0. The highest BCUT2D eigenvalue weighted by Crippen LogP contribution is 2.37. The highest BCUT2D eigenvalue weighted by molar-refractivity contribution is 5.84. The van der Waals surface area contributed by atoms with Crippen LogP contribution in [0.5, 0.6) is 5.75 Å². The van der Waals surface area contributed by atoms with E-state index in [1.165, 1.54) is 17.0 Å². The van der Waals surface area contributed by atoms with Crippen molar-refractivity contribution in [3.8, 4) is 17.9 Å². The molecule has 0 N–H and O–H groups in total. The molecular weight excluding hydrogens is 335 g/mol. The van der Waals surface area contributed by atoms with Gasteiger partial charge in [0.05, 0.1) is 29.7 Å². The van der Waals surface area contributed by atoms with E-state index in [0.29, 0.717) is 6.54 Å². The average molecular weight is 351 g/mol. The molecular formula is C17H16F3N3O2. The molecule has 2 rings (SSSR count). The molecule has 5 nitrogen and oxygen atoms in total. The van der Waals surface area contributed by atoms with Gasteiger partial charge >= 0.3 is 6.18 Å². The largest absolute Gasteiger partial charge is 0.480 e. The van der Waals surface area contributed by atoms with Gasteiger partial charge in [-0.15, -0.1) is 0 Å². The Bertz CT molecular complexity index is 760. The number of likely N-dealkylation sites (tertiary alicyclic amines) is 1. The van der Waals surface area contributed by atoms with E-state index in [4.69, 9.17) is 15.3 Å². The summed E-state index contributed by atoms with van der Waals surface area (Å²) in [7, 11) is 0. The Hall–Kier alpha value is -2.74. The summed E-state index contributed by atoms with van der Waals surface area (Å²) in [5.74, 6) is -0.488. The summed E-state index contributed by atoms with van der Waals surface area (Å²) in [4.78, 5) is 13.9. The molecule has 8 heteroatoms. The van der Waals surface area contributed by atoms with Crippen molar-refractivity contribution in [1.29, 1.82) is 10.5 Å². The number of carbonyl (C=O) groups excluding carboxylic acids is 1. The van der Waals surface area contributed by atoms with Crippen LogP contribution in [-0.4, -0.2) is 30.0 Å². The van der Waals surface area contributed by atoms with Crippen molar-refractivity contribution in [2.45, 2.75) is 32.5 Å². The van der Waals surface area contributed by atoms with Gasteiger partial charge in [-0.25, -0.2) is 0 Å². The SMILES string of the molecule is CC1(C)CN(CCC#N)C(=O)[C@H]1Oc1ccc(C#N)c(C(F)(F)F)c1. The van der Waals surface area contributed by atoms with E-state index in [-0.39, 0.29) is 24.6 Å². The third-order valence-electron chi connectivity index (χ3n) is 4.01. The molecule has 1 aliphatic heterocycles. The lowest BCUT2D eigenvalue weighted by Crippen LogP contribution is -2.36. The van der Waals surface area contributed by atoms with Gasteiger partial charge in [0.25, 0.3) is 5.91 Å². The Morgan fingerprint density at radius 1 is 1.36 bits per heavy atom. The zero-order chi connectivity index (χ0) is 18.8. The minimum atomic E-state index is -4.70. The van der Waals surface area contributed by atoms with Crippen molar-refractivity contribution in [1.82, 2.24) is 4.90 Å². The van der Waals surface area contributed by atoms with E-state index in [2.05, 4.69) is 0 Å². The van der Waals surface area contributed by atoms with E-state index in [1.807, 2.05) is 6.07 Å². The lowest BCUT2D eigenvalue weighted by atomic mass is 9.89. The van der Waals surface area contributed by atoms with Gasteiger partial charge in [-0.05, 0) is 18.2 Å². The quantitative estimate of drug-likeness (QED) is 0.835. The number of benzene rings is 1. The topological polar surface area (TPSA) is 77.1 Å². The summed E-state index contributed by atoms with van der Waals surface area (Å²) in [6.45, 7) is 4.15. The predicted molar refractivity (Wildman–Crippen MR) is 81.2 cm³/mol. The smallest absolute Gasteiger partial charge is 0.417 e. The van der Waals surface area contributed by atoms with E-state index < -0.39 is 28.8 Å². The van der Waals surface area contributed by atoms with Crippen molar-refractivity contribution >= 4 is 5.91 Å². The van der Waals surface area contributed by atoms with Crippen molar-refractivity contribution < 1.29 is 22.7 Å². The third kappa shape index (κ3) is 3.85. The van der Waals surface area contributed by atoms with Crippen LogP contribution in [0.1, 0.15) is 31.4 Å². The lowest BCUT2D eigenvalue weighted by Gasteiger charge is -2.24. The first-order chi connectivity index (χ1) is 11.6. The average Bonchev–Trinajstić information content (AvgIpc) is 2.75. The fourth-order valence-electron chi connectivity index (χ4n) is 2.80. The van der Waals surface area contributed by atoms with Crippen LogP contribution in [0.15, 0.2) is 18.2 Å². The summed E-state index contributed by atoms with van der Waals surface area (Å²) >= 11 is 0. The van der Waals surface area contributed by atoms with Crippen LogP contribution in [0.3, 0.4) is 0 Å². The Kier molecular flexibility index (Phi) is 4.94. The summed E-state index contributed by atoms with van der Waals surface area (Å²) in [6, 6.07) is 6.46. The molecule has 0 aliphatic carbocycles. The summed E-state index contributed by atoms with van der Waals surface area (Å²) < 4.78 is 44.7. The highest BCUT2D eigenvalue weighted by Gasteiger charge is 2.48. The second-order valence-electron chi connectivity index (χ2n) is 6.47. The third-order valence-corrected chi connectivity index (χ3v) is 4.01. The van der Waals surface area contributed by atoms with E-state index >= 15 is 0 Å². The molecule has 0 aromatic heterocycles. The monoisotopic (exact) mass is 351 g/mol.